The Hall–Kier alpha value is -3.45. The molecule has 0 radical (unpaired) electrons. The maximum absolute atomic E-state index is 12.4. The lowest BCUT2D eigenvalue weighted by atomic mass is 10.2. The molecule has 0 spiro atoms. The second-order valence-corrected chi connectivity index (χ2v) is 8.13. The van der Waals surface area contributed by atoms with Crippen LogP contribution in [-0.4, -0.2) is 35.3 Å². The van der Waals surface area contributed by atoms with Crippen LogP contribution in [-0.2, 0) is 16.2 Å². The Kier molecular flexibility index (Phi) is 8.16. The summed E-state index contributed by atoms with van der Waals surface area (Å²) in [5.74, 6) is 0.202. The molecule has 0 fully saturated rings. The van der Waals surface area contributed by atoms with Gasteiger partial charge >= 0.3 is 0 Å². The third-order valence-corrected chi connectivity index (χ3v) is 5.12. The number of halogens is 1. The highest BCUT2D eigenvalue weighted by Crippen LogP contribution is 2.20. The standard InChI is InChI=1S/C25H24BrN3O3/c1-18-15-20(26)9-12-23(18)28-24(30)16-29(2)25(31)13-8-19-6-10-22(11-7-19)32-17-21-5-3-4-14-27-21/h3-15H,16-17H2,1-2H3,(H,28,30). The molecule has 3 aromatic rings. The zero-order valence-corrected chi connectivity index (χ0v) is 19.5. The lowest BCUT2D eigenvalue weighted by Crippen LogP contribution is -2.34. The number of amides is 2. The maximum Gasteiger partial charge on any atom is 0.246 e. The predicted molar refractivity (Wildman–Crippen MR) is 129 cm³/mol. The van der Waals surface area contributed by atoms with Gasteiger partial charge in [0.2, 0.25) is 11.8 Å². The molecule has 0 saturated heterocycles. The minimum absolute atomic E-state index is 0.0427. The number of carbonyl (C=O) groups excluding carboxylic acids is 2. The topological polar surface area (TPSA) is 71.5 Å². The Morgan fingerprint density at radius 1 is 1.12 bits per heavy atom. The van der Waals surface area contributed by atoms with E-state index < -0.39 is 0 Å². The number of benzene rings is 2. The van der Waals surface area contributed by atoms with Crippen LogP contribution < -0.4 is 10.1 Å². The van der Waals surface area contributed by atoms with Gasteiger partial charge in [-0.2, -0.15) is 0 Å². The van der Waals surface area contributed by atoms with Crippen LogP contribution in [0.4, 0.5) is 5.69 Å². The van der Waals surface area contributed by atoms with Crippen molar-refractivity contribution in [2.75, 3.05) is 18.9 Å². The first-order valence-corrected chi connectivity index (χ1v) is 10.8. The third-order valence-electron chi connectivity index (χ3n) is 4.63. The minimum atomic E-state index is -0.261. The van der Waals surface area contributed by atoms with Gasteiger partial charge in [-0.1, -0.05) is 34.1 Å². The van der Waals surface area contributed by atoms with Gasteiger partial charge in [-0.25, -0.2) is 0 Å². The highest BCUT2D eigenvalue weighted by Gasteiger charge is 2.12. The van der Waals surface area contributed by atoms with Gasteiger partial charge in [0.1, 0.15) is 12.4 Å². The summed E-state index contributed by atoms with van der Waals surface area (Å²) in [6.45, 7) is 2.26. The summed E-state index contributed by atoms with van der Waals surface area (Å²) < 4.78 is 6.65. The van der Waals surface area contributed by atoms with Gasteiger partial charge in [0.15, 0.2) is 0 Å². The number of nitrogens with one attached hydrogen (secondary N) is 1. The first-order chi connectivity index (χ1) is 15.4. The molecular formula is C25H24BrN3O3. The lowest BCUT2D eigenvalue weighted by Gasteiger charge is -2.15. The predicted octanol–water partition coefficient (Wildman–Crippen LogP) is 4.84. The molecule has 0 saturated carbocycles. The largest absolute Gasteiger partial charge is 0.487 e. The number of nitrogens with zero attached hydrogens (tertiary/aromatic N) is 2. The number of carbonyl (C=O) groups is 2. The van der Waals surface area contributed by atoms with E-state index in [-0.39, 0.29) is 18.4 Å². The summed E-state index contributed by atoms with van der Waals surface area (Å²) in [6, 6.07) is 18.7. The van der Waals surface area contributed by atoms with E-state index in [1.54, 1.807) is 19.3 Å². The average molecular weight is 494 g/mol. The van der Waals surface area contributed by atoms with Gasteiger partial charge in [-0.3, -0.25) is 14.6 Å². The maximum atomic E-state index is 12.4. The van der Waals surface area contributed by atoms with Gasteiger partial charge in [-0.05, 0) is 66.6 Å². The number of hydrogen-bond acceptors (Lipinski definition) is 4. The molecule has 0 unspecified atom stereocenters. The molecule has 2 amide bonds. The van der Waals surface area contributed by atoms with Crippen molar-refractivity contribution in [1.29, 1.82) is 0 Å². The molecule has 1 aromatic heterocycles. The fourth-order valence-electron chi connectivity index (χ4n) is 2.86. The minimum Gasteiger partial charge on any atom is -0.487 e. The Labute approximate surface area is 196 Å². The molecular weight excluding hydrogens is 470 g/mol. The number of anilines is 1. The second kappa shape index (κ2) is 11.2. The van der Waals surface area contributed by atoms with E-state index in [4.69, 9.17) is 4.74 Å². The summed E-state index contributed by atoms with van der Waals surface area (Å²) in [5, 5.41) is 2.83. The van der Waals surface area contributed by atoms with Crippen LogP contribution in [0.5, 0.6) is 5.75 Å². The quantitative estimate of drug-likeness (QED) is 0.455. The van der Waals surface area contributed by atoms with Crippen molar-refractivity contribution in [2.24, 2.45) is 0 Å². The molecule has 1 heterocycles. The van der Waals surface area contributed by atoms with E-state index >= 15 is 0 Å². The number of rotatable bonds is 8. The molecule has 6 nitrogen and oxygen atoms in total. The molecule has 164 valence electrons. The van der Waals surface area contributed by atoms with Crippen LogP contribution in [0.3, 0.4) is 0 Å². The van der Waals surface area contributed by atoms with Crippen LogP contribution in [0.2, 0.25) is 0 Å². The summed E-state index contributed by atoms with van der Waals surface area (Å²) in [7, 11) is 1.59. The van der Waals surface area contributed by atoms with Crippen molar-refractivity contribution in [3.05, 3.63) is 94.2 Å². The number of aryl methyl sites for hydroxylation is 1. The fraction of sp³-hybridized carbons (Fsp3) is 0.160. The molecule has 0 aliphatic rings. The molecule has 2 aromatic carbocycles. The SMILES string of the molecule is Cc1cc(Br)ccc1NC(=O)CN(C)C(=O)C=Cc1ccc(OCc2ccccn2)cc1. The molecule has 3 rings (SSSR count). The van der Waals surface area contributed by atoms with Crippen molar-refractivity contribution >= 4 is 39.5 Å². The zero-order valence-electron chi connectivity index (χ0n) is 17.9. The zero-order chi connectivity index (χ0) is 22.9. The molecule has 0 aliphatic carbocycles. The smallest absolute Gasteiger partial charge is 0.246 e. The second-order valence-electron chi connectivity index (χ2n) is 7.21. The molecule has 32 heavy (non-hydrogen) atoms. The van der Waals surface area contributed by atoms with E-state index in [1.165, 1.54) is 11.0 Å². The van der Waals surface area contributed by atoms with Gasteiger partial charge in [0.05, 0.1) is 12.2 Å². The van der Waals surface area contributed by atoms with Gasteiger partial charge in [0.25, 0.3) is 0 Å². The van der Waals surface area contributed by atoms with Crippen LogP contribution in [0.15, 0.2) is 77.4 Å². The van der Waals surface area contributed by atoms with Crippen LogP contribution in [0.1, 0.15) is 16.8 Å². The monoisotopic (exact) mass is 493 g/mol. The van der Waals surface area contributed by atoms with Gasteiger partial charge in [0, 0.05) is 29.5 Å². The number of likely N-dealkylation sites (N-methyl/N-ethyl adjacent to an activating group) is 1. The molecule has 0 atom stereocenters. The van der Waals surface area contributed by atoms with Crippen LogP contribution in [0.25, 0.3) is 6.08 Å². The van der Waals surface area contributed by atoms with E-state index in [1.807, 2.05) is 67.6 Å². The Bertz CT molecular complexity index is 1100. The third kappa shape index (κ3) is 7.06. The molecule has 7 heteroatoms. The highest BCUT2D eigenvalue weighted by molar-refractivity contribution is 9.10. The summed E-state index contributed by atoms with van der Waals surface area (Å²) in [6.07, 6.45) is 4.88. The van der Waals surface area contributed by atoms with Crippen LogP contribution >= 0.6 is 15.9 Å². The highest BCUT2D eigenvalue weighted by atomic mass is 79.9. The lowest BCUT2D eigenvalue weighted by molar-refractivity contribution is -0.129. The first kappa shape index (κ1) is 23.2. The van der Waals surface area contributed by atoms with E-state index in [0.717, 1.165) is 32.7 Å². The number of aromatic nitrogens is 1. The Morgan fingerprint density at radius 2 is 1.91 bits per heavy atom. The average Bonchev–Trinajstić information content (AvgIpc) is 2.79. The fourth-order valence-corrected chi connectivity index (χ4v) is 3.34. The summed E-state index contributed by atoms with van der Waals surface area (Å²) in [4.78, 5) is 30.2. The number of ether oxygens (including phenoxy) is 1. The van der Waals surface area contributed by atoms with E-state index in [2.05, 4.69) is 26.2 Å². The van der Waals surface area contributed by atoms with Crippen molar-refractivity contribution in [3.8, 4) is 5.75 Å². The number of hydrogen-bond donors (Lipinski definition) is 1. The molecule has 0 aliphatic heterocycles. The number of pyridine rings is 1. The normalized spacial score (nSPS) is 10.7. The van der Waals surface area contributed by atoms with Crippen molar-refractivity contribution in [2.45, 2.75) is 13.5 Å². The van der Waals surface area contributed by atoms with E-state index in [0.29, 0.717) is 6.61 Å². The van der Waals surface area contributed by atoms with Crippen molar-refractivity contribution in [1.82, 2.24) is 9.88 Å². The first-order valence-electron chi connectivity index (χ1n) is 10.0. The summed E-state index contributed by atoms with van der Waals surface area (Å²) in [5.41, 5.74) is 3.37. The Morgan fingerprint density at radius 3 is 2.59 bits per heavy atom. The van der Waals surface area contributed by atoms with Crippen molar-refractivity contribution in [3.63, 3.8) is 0 Å². The van der Waals surface area contributed by atoms with Crippen molar-refractivity contribution < 1.29 is 14.3 Å². The van der Waals surface area contributed by atoms with Gasteiger partial charge in [-0.15, -0.1) is 0 Å². The molecule has 0 bridgehead atoms. The summed E-state index contributed by atoms with van der Waals surface area (Å²) >= 11 is 3.40. The Balaban J connectivity index is 1.48. The van der Waals surface area contributed by atoms with Gasteiger partial charge < -0.3 is 15.0 Å². The molecule has 1 N–H and O–H groups in total. The van der Waals surface area contributed by atoms with Crippen LogP contribution in [0, 0.1) is 6.92 Å². The van der Waals surface area contributed by atoms with E-state index in [9.17, 15) is 9.59 Å².